The van der Waals surface area contributed by atoms with Crippen molar-refractivity contribution in [2.45, 2.75) is 31.1 Å². The Bertz CT molecular complexity index is 919. The monoisotopic (exact) mass is 373 g/mol. The lowest BCUT2D eigenvalue weighted by Crippen LogP contribution is -2.36. The highest BCUT2D eigenvalue weighted by molar-refractivity contribution is 7.89. The summed E-state index contributed by atoms with van der Waals surface area (Å²) < 4.78 is 27.4. The second-order valence-electron chi connectivity index (χ2n) is 6.49. The summed E-state index contributed by atoms with van der Waals surface area (Å²) in [7, 11) is -3.60. The molecule has 0 saturated carbocycles. The number of hydrogen-bond acceptors (Lipinski definition) is 4. The van der Waals surface area contributed by atoms with Gasteiger partial charge in [0.05, 0.1) is 16.3 Å². The van der Waals surface area contributed by atoms with E-state index in [0.29, 0.717) is 30.0 Å². The molecule has 1 heterocycles. The lowest BCUT2D eigenvalue weighted by Gasteiger charge is -2.26. The Labute approximate surface area is 154 Å². The van der Waals surface area contributed by atoms with Crippen molar-refractivity contribution >= 4 is 27.3 Å². The molecule has 3 N–H and O–H groups in total. The zero-order valence-electron chi connectivity index (χ0n) is 14.7. The number of nitrogens with one attached hydrogen (secondary N) is 1. The van der Waals surface area contributed by atoms with Crippen LogP contribution < -0.4 is 11.1 Å². The molecule has 1 amide bonds. The lowest BCUT2D eigenvalue weighted by atomic mass is 10.1. The van der Waals surface area contributed by atoms with Gasteiger partial charge >= 0.3 is 0 Å². The maximum atomic E-state index is 13.0. The molecule has 1 aliphatic rings. The van der Waals surface area contributed by atoms with Crippen LogP contribution in [0.1, 0.15) is 35.2 Å². The minimum Gasteiger partial charge on any atom is -0.397 e. The molecule has 2 aromatic rings. The molecule has 138 valence electrons. The van der Waals surface area contributed by atoms with Crippen molar-refractivity contribution in [3.63, 3.8) is 0 Å². The number of nitrogens with zero attached hydrogens (tertiary/aromatic N) is 1. The van der Waals surface area contributed by atoms with E-state index in [1.807, 2.05) is 0 Å². The summed E-state index contributed by atoms with van der Waals surface area (Å²) >= 11 is 0. The predicted molar refractivity (Wildman–Crippen MR) is 103 cm³/mol. The van der Waals surface area contributed by atoms with Crippen molar-refractivity contribution in [2.24, 2.45) is 0 Å². The number of hydrogen-bond donors (Lipinski definition) is 2. The molecular weight excluding hydrogens is 350 g/mol. The Morgan fingerprint density at radius 1 is 1.08 bits per heavy atom. The molecule has 6 nitrogen and oxygen atoms in total. The van der Waals surface area contributed by atoms with E-state index in [-0.39, 0.29) is 10.5 Å². The predicted octanol–water partition coefficient (Wildman–Crippen LogP) is 3.00. The third-order valence-electron chi connectivity index (χ3n) is 4.59. The summed E-state index contributed by atoms with van der Waals surface area (Å²) in [5, 5.41) is 2.73. The van der Waals surface area contributed by atoms with Gasteiger partial charge in [-0.15, -0.1) is 0 Å². The van der Waals surface area contributed by atoms with Gasteiger partial charge in [-0.2, -0.15) is 4.31 Å². The van der Waals surface area contributed by atoms with Gasteiger partial charge in [0.25, 0.3) is 5.91 Å². The van der Waals surface area contributed by atoms with Gasteiger partial charge in [-0.3, -0.25) is 4.79 Å². The number of nitrogen functional groups attached to an aromatic ring is 1. The van der Waals surface area contributed by atoms with Gasteiger partial charge in [0.2, 0.25) is 10.0 Å². The molecule has 0 radical (unpaired) electrons. The SMILES string of the molecule is Cc1ccc(C(=O)Nc2ccccc2N)cc1S(=O)(=O)N1CCCCC1. The van der Waals surface area contributed by atoms with Crippen LogP contribution >= 0.6 is 0 Å². The molecule has 7 heteroatoms. The number of sulfonamides is 1. The van der Waals surface area contributed by atoms with Crippen LogP contribution in [0.3, 0.4) is 0 Å². The average molecular weight is 373 g/mol. The van der Waals surface area contributed by atoms with Gasteiger partial charge in [-0.25, -0.2) is 8.42 Å². The molecule has 0 spiro atoms. The Balaban J connectivity index is 1.90. The normalized spacial score (nSPS) is 15.6. The van der Waals surface area contributed by atoms with Crippen molar-refractivity contribution in [3.05, 3.63) is 53.6 Å². The van der Waals surface area contributed by atoms with Crippen LogP contribution in [0.5, 0.6) is 0 Å². The van der Waals surface area contributed by atoms with Crippen LogP contribution in [0.25, 0.3) is 0 Å². The van der Waals surface area contributed by atoms with Crippen LogP contribution in [0.15, 0.2) is 47.4 Å². The highest BCUT2D eigenvalue weighted by Gasteiger charge is 2.28. The molecular formula is C19H23N3O3S. The van der Waals surface area contributed by atoms with Gasteiger partial charge in [-0.05, 0) is 49.6 Å². The number of rotatable bonds is 4. The Kier molecular flexibility index (Phi) is 5.29. The highest BCUT2D eigenvalue weighted by Crippen LogP contribution is 2.25. The molecule has 1 aliphatic heterocycles. The topological polar surface area (TPSA) is 92.5 Å². The first-order valence-electron chi connectivity index (χ1n) is 8.66. The van der Waals surface area contributed by atoms with E-state index in [1.54, 1.807) is 43.3 Å². The molecule has 0 bridgehead atoms. The minimum atomic E-state index is -3.60. The fraction of sp³-hybridized carbons (Fsp3) is 0.316. The number of para-hydroxylation sites is 2. The fourth-order valence-electron chi connectivity index (χ4n) is 3.07. The number of carbonyl (C=O) groups excluding carboxylic acids is 1. The highest BCUT2D eigenvalue weighted by atomic mass is 32.2. The summed E-state index contributed by atoms with van der Waals surface area (Å²) in [6.07, 6.45) is 2.78. The number of aryl methyl sites for hydroxylation is 1. The van der Waals surface area contributed by atoms with Crippen LogP contribution in [0, 0.1) is 6.92 Å². The third-order valence-corrected chi connectivity index (χ3v) is 6.63. The summed E-state index contributed by atoms with van der Waals surface area (Å²) in [4.78, 5) is 12.7. The number of amides is 1. The van der Waals surface area contributed by atoms with Crippen molar-refractivity contribution < 1.29 is 13.2 Å². The molecule has 3 rings (SSSR count). The number of benzene rings is 2. The Hall–Kier alpha value is -2.38. The van der Waals surface area contributed by atoms with Crippen LogP contribution in [0.4, 0.5) is 11.4 Å². The number of carbonyl (C=O) groups is 1. The van der Waals surface area contributed by atoms with E-state index in [0.717, 1.165) is 19.3 Å². The molecule has 0 atom stereocenters. The minimum absolute atomic E-state index is 0.188. The van der Waals surface area contributed by atoms with Crippen LogP contribution in [-0.2, 0) is 10.0 Å². The first-order valence-corrected chi connectivity index (χ1v) is 10.1. The molecule has 1 saturated heterocycles. The smallest absolute Gasteiger partial charge is 0.255 e. The summed E-state index contributed by atoms with van der Waals surface area (Å²) in [5.74, 6) is -0.391. The third kappa shape index (κ3) is 3.73. The first kappa shape index (κ1) is 18.4. The molecule has 1 fully saturated rings. The van der Waals surface area contributed by atoms with E-state index >= 15 is 0 Å². The number of piperidine rings is 1. The van der Waals surface area contributed by atoms with Gasteiger partial charge in [0.15, 0.2) is 0 Å². The van der Waals surface area contributed by atoms with Gasteiger partial charge < -0.3 is 11.1 Å². The standard InChI is InChI=1S/C19H23N3O3S/c1-14-9-10-15(19(23)21-17-8-4-3-7-16(17)20)13-18(14)26(24,25)22-11-5-2-6-12-22/h3-4,7-10,13H,2,5-6,11-12,20H2,1H3,(H,21,23). The molecule has 2 aromatic carbocycles. The first-order chi connectivity index (χ1) is 12.4. The van der Waals surface area contributed by atoms with Gasteiger partial charge in [-0.1, -0.05) is 24.6 Å². The number of anilines is 2. The summed E-state index contributed by atoms with van der Waals surface area (Å²) in [5.41, 5.74) is 7.72. The maximum absolute atomic E-state index is 13.0. The van der Waals surface area contributed by atoms with Gasteiger partial charge in [0.1, 0.15) is 0 Å². The molecule has 0 unspecified atom stereocenters. The van der Waals surface area contributed by atoms with Crippen molar-refractivity contribution in [1.29, 1.82) is 0 Å². The van der Waals surface area contributed by atoms with Crippen LogP contribution in [0.2, 0.25) is 0 Å². The second kappa shape index (κ2) is 7.47. The summed E-state index contributed by atoms with van der Waals surface area (Å²) in [6.45, 7) is 2.80. The number of nitrogens with two attached hydrogens (primary N) is 1. The van der Waals surface area contributed by atoms with Crippen molar-refractivity contribution in [2.75, 3.05) is 24.1 Å². The van der Waals surface area contributed by atoms with E-state index < -0.39 is 15.9 Å². The second-order valence-corrected chi connectivity index (χ2v) is 8.39. The van der Waals surface area contributed by atoms with E-state index in [4.69, 9.17) is 5.73 Å². The zero-order chi connectivity index (χ0) is 18.7. The van der Waals surface area contributed by atoms with Crippen molar-refractivity contribution in [1.82, 2.24) is 4.31 Å². The quantitative estimate of drug-likeness (QED) is 0.806. The van der Waals surface area contributed by atoms with E-state index in [1.165, 1.54) is 10.4 Å². The summed E-state index contributed by atoms with van der Waals surface area (Å²) in [6, 6.07) is 11.7. The Morgan fingerprint density at radius 3 is 2.46 bits per heavy atom. The maximum Gasteiger partial charge on any atom is 0.255 e. The van der Waals surface area contributed by atoms with E-state index in [9.17, 15) is 13.2 Å². The van der Waals surface area contributed by atoms with Crippen LogP contribution in [-0.4, -0.2) is 31.7 Å². The van der Waals surface area contributed by atoms with Gasteiger partial charge in [0, 0.05) is 18.7 Å². The largest absolute Gasteiger partial charge is 0.397 e. The molecule has 0 aliphatic carbocycles. The Morgan fingerprint density at radius 2 is 1.77 bits per heavy atom. The van der Waals surface area contributed by atoms with E-state index in [2.05, 4.69) is 5.32 Å². The van der Waals surface area contributed by atoms with Crippen molar-refractivity contribution in [3.8, 4) is 0 Å². The molecule has 26 heavy (non-hydrogen) atoms. The fourth-order valence-corrected chi connectivity index (χ4v) is 4.84. The lowest BCUT2D eigenvalue weighted by molar-refractivity contribution is 0.102. The molecule has 0 aromatic heterocycles. The average Bonchev–Trinajstić information content (AvgIpc) is 2.64. The zero-order valence-corrected chi connectivity index (χ0v) is 15.6.